The van der Waals surface area contributed by atoms with E-state index in [-0.39, 0.29) is 16.0 Å². The molecule has 0 radical (unpaired) electrons. The first-order chi connectivity index (χ1) is 13.2. The molecule has 1 atom stereocenters. The van der Waals surface area contributed by atoms with Gasteiger partial charge in [-0.05, 0) is 43.7 Å². The number of furan rings is 1. The van der Waals surface area contributed by atoms with Crippen LogP contribution in [-0.2, 0) is 9.84 Å². The molecule has 0 spiro atoms. The quantitative estimate of drug-likeness (QED) is 0.712. The highest BCUT2D eigenvalue weighted by atomic mass is 32.2. The topological polar surface area (TPSA) is 105 Å². The molecular weight excluding hydrogens is 378 g/mol. The SMILES string of the molecule is Cc1oc(-n2cccc2)c(C#N)c1C(=O)NC(C)c1ccc(S(C)(=O)=O)cc1. The molecule has 0 bridgehead atoms. The van der Waals surface area contributed by atoms with E-state index in [0.717, 1.165) is 11.8 Å². The molecule has 1 unspecified atom stereocenters. The van der Waals surface area contributed by atoms with Crippen LogP contribution in [0.4, 0.5) is 0 Å². The van der Waals surface area contributed by atoms with Gasteiger partial charge in [0, 0.05) is 18.6 Å². The fourth-order valence-corrected chi connectivity index (χ4v) is 3.55. The third-order valence-corrected chi connectivity index (χ3v) is 5.53. The largest absolute Gasteiger partial charge is 0.443 e. The van der Waals surface area contributed by atoms with Crippen molar-refractivity contribution < 1.29 is 17.6 Å². The Kier molecular flexibility index (Phi) is 5.12. The minimum atomic E-state index is -3.28. The van der Waals surface area contributed by atoms with Crippen LogP contribution in [0.3, 0.4) is 0 Å². The molecule has 1 aromatic carbocycles. The van der Waals surface area contributed by atoms with Gasteiger partial charge in [0.25, 0.3) is 5.91 Å². The zero-order valence-electron chi connectivity index (χ0n) is 15.6. The van der Waals surface area contributed by atoms with Gasteiger partial charge in [-0.1, -0.05) is 12.1 Å². The number of aryl methyl sites for hydroxylation is 1. The molecule has 2 aromatic heterocycles. The molecule has 0 fully saturated rings. The van der Waals surface area contributed by atoms with Crippen molar-refractivity contribution in [3.05, 3.63) is 71.2 Å². The van der Waals surface area contributed by atoms with Crippen molar-refractivity contribution >= 4 is 15.7 Å². The summed E-state index contributed by atoms with van der Waals surface area (Å²) < 4.78 is 30.4. The Hall–Kier alpha value is -3.31. The first-order valence-electron chi connectivity index (χ1n) is 8.50. The second kappa shape index (κ2) is 7.37. The van der Waals surface area contributed by atoms with Crippen molar-refractivity contribution in [3.63, 3.8) is 0 Å². The number of hydrogen-bond donors (Lipinski definition) is 1. The molecule has 1 N–H and O–H groups in total. The third kappa shape index (κ3) is 3.70. The minimum Gasteiger partial charge on any atom is -0.443 e. The van der Waals surface area contributed by atoms with Crippen LogP contribution in [0.25, 0.3) is 5.88 Å². The Labute approximate surface area is 163 Å². The minimum absolute atomic E-state index is 0.158. The molecule has 2 heterocycles. The van der Waals surface area contributed by atoms with E-state index < -0.39 is 21.8 Å². The molecule has 28 heavy (non-hydrogen) atoms. The number of rotatable bonds is 5. The molecule has 3 aromatic rings. The predicted octanol–water partition coefficient (Wildman–Crippen LogP) is 3.14. The van der Waals surface area contributed by atoms with Crippen molar-refractivity contribution in [2.24, 2.45) is 0 Å². The van der Waals surface area contributed by atoms with Crippen LogP contribution < -0.4 is 5.32 Å². The van der Waals surface area contributed by atoms with E-state index in [1.807, 2.05) is 6.07 Å². The van der Waals surface area contributed by atoms with Crippen molar-refractivity contribution in [1.29, 1.82) is 5.26 Å². The summed E-state index contributed by atoms with van der Waals surface area (Å²) in [5.41, 5.74) is 1.09. The number of nitrogens with one attached hydrogen (secondary N) is 1. The first kappa shape index (κ1) is 19.5. The fraction of sp³-hybridized carbons (Fsp3) is 0.200. The number of carbonyl (C=O) groups excluding carboxylic acids is 1. The van der Waals surface area contributed by atoms with Gasteiger partial charge < -0.3 is 9.73 Å². The van der Waals surface area contributed by atoms with Crippen LogP contribution in [-0.4, -0.2) is 25.1 Å². The van der Waals surface area contributed by atoms with Gasteiger partial charge in [-0.2, -0.15) is 5.26 Å². The van der Waals surface area contributed by atoms with Crippen LogP contribution in [0.2, 0.25) is 0 Å². The number of sulfone groups is 1. The molecule has 0 aliphatic heterocycles. The van der Waals surface area contributed by atoms with E-state index in [2.05, 4.69) is 5.32 Å². The van der Waals surface area contributed by atoms with Gasteiger partial charge in [-0.15, -0.1) is 0 Å². The lowest BCUT2D eigenvalue weighted by atomic mass is 10.1. The van der Waals surface area contributed by atoms with Crippen molar-refractivity contribution in [1.82, 2.24) is 9.88 Å². The number of benzene rings is 1. The Bertz CT molecular complexity index is 1150. The maximum absolute atomic E-state index is 12.8. The smallest absolute Gasteiger partial charge is 0.256 e. The van der Waals surface area contributed by atoms with Gasteiger partial charge in [0.1, 0.15) is 23.0 Å². The summed E-state index contributed by atoms with van der Waals surface area (Å²) in [6.45, 7) is 3.41. The molecule has 1 amide bonds. The second-order valence-electron chi connectivity index (χ2n) is 6.45. The molecular formula is C20H19N3O4S. The van der Waals surface area contributed by atoms with E-state index in [1.165, 1.54) is 12.1 Å². The standard InChI is InChI=1S/C20H19N3O4S/c1-13(15-6-8-16(9-7-15)28(3,25)26)22-19(24)18-14(2)27-20(17(18)12-21)23-10-4-5-11-23/h4-11,13H,1-3H3,(H,22,24). The molecule has 0 aliphatic rings. The average Bonchev–Trinajstić information content (AvgIpc) is 3.28. The number of carbonyl (C=O) groups is 1. The predicted molar refractivity (Wildman–Crippen MR) is 103 cm³/mol. The normalized spacial score (nSPS) is 12.4. The second-order valence-corrected chi connectivity index (χ2v) is 8.47. The Morgan fingerprint density at radius 3 is 2.36 bits per heavy atom. The maximum Gasteiger partial charge on any atom is 0.256 e. The van der Waals surface area contributed by atoms with Crippen molar-refractivity contribution in [2.75, 3.05) is 6.26 Å². The van der Waals surface area contributed by atoms with E-state index in [4.69, 9.17) is 4.42 Å². The summed E-state index contributed by atoms with van der Waals surface area (Å²) in [6.07, 6.45) is 4.60. The first-order valence-corrected chi connectivity index (χ1v) is 10.4. The Morgan fingerprint density at radius 2 is 1.82 bits per heavy atom. The average molecular weight is 397 g/mol. The number of amides is 1. The third-order valence-electron chi connectivity index (χ3n) is 4.40. The van der Waals surface area contributed by atoms with Gasteiger partial charge in [-0.3, -0.25) is 9.36 Å². The molecule has 144 valence electrons. The van der Waals surface area contributed by atoms with Gasteiger partial charge in [0.2, 0.25) is 5.88 Å². The summed E-state index contributed by atoms with van der Waals surface area (Å²) in [5.74, 6) is 0.202. The van der Waals surface area contributed by atoms with Gasteiger partial charge in [0.05, 0.1) is 10.9 Å². The highest BCUT2D eigenvalue weighted by molar-refractivity contribution is 7.90. The summed E-state index contributed by atoms with van der Waals surface area (Å²) in [5, 5.41) is 12.4. The fourth-order valence-electron chi connectivity index (χ4n) is 2.91. The molecule has 3 rings (SSSR count). The van der Waals surface area contributed by atoms with Crippen LogP contribution in [0.5, 0.6) is 0 Å². The summed E-state index contributed by atoms with van der Waals surface area (Å²) >= 11 is 0. The molecule has 7 nitrogen and oxygen atoms in total. The Morgan fingerprint density at radius 1 is 1.21 bits per heavy atom. The zero-order chi connectivity index (χ0) is 20.5. The van der Waals surface area contributed by atoms with E-state index in [9.17, 15) is 18.5 Å². The van der Waals surface area contributed by atoms with E-state index >= 15 is 0 Å². The Balaban J connectivity index is 1.86. The number of nitriles is 1. The van der Waals surface area contributed by atoms with Crippen LogP contribution in [0, 0.1) is 18.3 Å². The lowest BCUT2D eigenvalue weighted by Crippen LogP contribution is -2.27. The molecule has 0 saturated carbocycles. The highest BCUT2D eigenvalue weighted by Crippen LogP contribution is 2.26. The number of nitrogens with zero attached hydrogens (tertiary/aromatic N) is 2. The summed E-state index contributed by atoms with van der Waals surface area (Å²) in [4.78, 5) is 13.0. The van der Waals surface area contributed by atoms with Crippen LogP contribution >= 0.6 is 0 Å². The van der Waals surface area contributed by atoms with Gasteiger partial charge in [0.15, 0.2) is 9.84 Å². The van der Waals surface area contributed by atoms with Gasteiger partial charge >= 0.3 is 0 Å². The van der Waals surface area contributed by atoms with Crippen LogP contribution in [0.1, 0.15) is 40.2 Å². The summed E-state index contributed by atoms with van der Waals surface area (Å²) in [6, 6.07) is 11.6. The van der Waals surface area contributed by atoms with E-state index in [1.54, 1.807) is 55.1 Å². The van der Waals surface area contributed by atoms with Gasteiger partial charge in [-0.25, -0.2) is 8.42 Å². The molecule has 0 saturated heterocycles. The van der Waals surface area contributed by atoms with Crippen molar-refractivity contribution in [3.8, 4) is 12.0 Å². The lowest BCUT2D eigenvalue weighted by Gasteiger charge is -2.14. The number of aromatic nitrogens is 1. The van der Waals surface area contributed by atoms with E-state index in [0.29, 0.717) is 11.6 Å². The van der Waals surface area contributed by atoms with Crippen molar-refractivity contribution in [2.45, 2.75) is 24.8 Å². The maximum atomic E-state index is 12.8. The lowest BCUT2D eigenvalue weighted by molar-refractivity contribution is 0.0938. The highest BCUT2D eigenvalue weighted by Gasteiger charge is 2.25. The molecule has 0 aliphatic carbocycles. The monoisotopic (exact) mass is 397 g/mol. The molecule has 8 heteroatoms. The zero-order valence-corrected chi connectivity index (χ0v) is 16.4. The summed E-state index contributed by atoms with van der Waals surface area (Å²) in [7, 11) is -3.28. The van der Waals surface area contributed by atoms with Crippen LogP contribution in [0.15, 0.2) is 58.1 Å². The number of hydrogen-bond acceptors (Lipinski definition) is 5.